The molecule has 0 N–H and O–H groups in total. The Kier molecular flexibility index (Phi) is 5.19. The van der Waals surface area contributed by atoms with Crippen molar-refractivity contribution in [3.05, 3.63) is 0 Å². The predicted octanol–water partition coefficient (Wildman–Crippen LogP) is 3.54. The zero-order chi connectivity index (χ0) is 19.1. The highest BCUT2D eigenvalue weighted by Gasteiger charge is 2.60. The lowest BCUT2D eigenvalue weighted by atomic mass is 9.46. The molecule has 0 radical (unpaired) electrons. The minimum Gasteiger partial charge on any atom is -0.469 e. The number of fused-ring (bicyclic) bond motifs is 3. The summed E-state index contributed by atoms with van der Waals surface area (Å²) in [6, 6.07) is 0. The second-order valence-electron chi connectivity index (χ2n) is 9.11. The minimum atomic E-state index is -0.281. The fourth-order valence-electron chi connectivity index (χ4n) is 6.58. The summed E-state index contributed by atoms with van der Waals surface area (Å²) in [5.41, 5.74) is -0.459. The Morgan fingerprint density at radius 2 is 1.69 bits per heavy atom. The highest BCUT2D eigenvalue weighted by atomic mass is 16.5. The van der Waals surface area contributed by atoms with E-state index in [9.17, 15) is 14.4 Å². The lowest BCUT2D eigenvalue weighted by Gasteiger charge is -2.57. The third-order valence-electron chi connectivity index (χ3n) is 8.17. The number of esters is 2. The van der Waals surface area contributed by atoms with Gasteiger partial charge >= 0.3 is 11.9 Å². The number of Topliss-reactive ketones (excluding diaryl/α,β-unsaturated/α-hetero) is 1. The van der Waals surface area contributed by atoms with E-state index in [1.54, 1.807) is 0 Å². The van der Waals surface area contributed by atoms with Crippen LogP contribution in [0.4, 0.5) is 0 Å². The zero-order valence-corrected chi connectivity index (χ0v) is 16.5. The van der Waals surface area contributed by atoms with Crippen molar-refractivity contribution in [1.29, 1.82) is 0 Å². The van der Waals surface area contributed by atoms with Gasteiger partial charge in [0, 0.05) is 18.3 Å². The van der Waals surface area contributed by atoms with E-state index in [0.29, 0.717) is 42.8 Å². The van der Waals surface area contributed by atoms with Gasteiger partial charge in [0.2, 0.25) is 0 Å². The van der Waals surface area contributed by atoms with Gasteiger partial charge in [-0.2, -0.15) is 0 Å². The van der Waals surface area contributed by atoms with Gasteiger partial charge < -0.3 is 9.47 Å². The predicted molar refractivity (Wildman–Crippen MR) is 96.1 cm³/mol. The van der Waals surface area contributed by atoms with Crippen LogP contribution in [-0.2, 0) is 23.9 Å². The van der Waals surface area contributed by atoms with Crippen molar-refractivity contribution >= 4 is 17.7 Å². The number of ketones is 1. The van der Waals surface area contributed by atoms with Gasteiger partial charge in [-0.15, -0.1) is 0 Å². The molecule has 0 aliphatic heterocycles. The Balaban J connectivity index is 1.91. The number of carbonyl (C=O) groups is 3. The first-order valence-corrected chi connectivity index (χ1v) is 9.93. The van der Waals surface area contributed by atoms with Crippen LogP contribution >= 0.6 is 0 Å². The maximum atomic E-state index is 12.5. The van der Waals surface area contributed by atoms with Gasteiger partial charge in [-0.3, -0.25) is 14.4 Å². The molecule has 3 aliphatic rings. The van der Waals surface area contributed by atoms with Gasteiger partial charge in [0.05, 0.1) is 20.6 Å². The summed E-state index contributed by atoms with van der Waals surface area (Å²) >= 11 is 0. The van der Waals surface area contributed by atoms with E-state index in [4.69, 9.17) is 9.47 Å². The molecule has 0 aromatic carbocycles. The van der Waals surface area contributed by atoms with Crippen molar-refractivity contribution < 1.29 is 23.9 Å². The van der Waals surface area contributed by atoms with Gasteiger partial charge in [0.1, 0.15) is 5.78 Å². The normalized spacial score (nSPS) is 41.9. The fraction of sp³-hybridized carbons (Fsp3) is 0.857. The molecular formula is C21H32O5. The second kappa shape index (κ2) is 6.97. The molecule has 0 heterocycles. The fourth-order valence-corrected chi connectivity index (χ4v) is 6.58. The van der Waals surface area contributed by atoms with Crippen LogP contribution in [0.1, 0.15) is 65.2 Å². The monoisotopic (exact) mass is 364 g/mol. The molecule has 0 spiro atoms. The zero-order valence-electron chi connectivity index (χ0n) is 16.5. The number of rotatable bonds is 4. The van der Waals surface area contributed by atoms with Crippen molar-refractivity contribution in [3.63, 3.8) is 0 Å². The smallest absolute Gasteiger partial charge is 0.306 e. The van der Waals surface area contributed by atoms with Crippen LogP contribution in [0.25, 0.3) is 0 Å². The largest absolute Gasteiger partial charge is 0.469 e. The molecule has 0 saturated heterocycles. The third-order valence-corrected chi connectivity index (χ3v) is 8.17. The van der Waals surface area contributed by atoms with Gasteiger partial charge in [-0.05, 0) is 61.2 Å². The van der Waals surface area contributed by atoms with E-state index in [1.165, 1.54) is 14.2 Å². The summed E-state index contributed by atoms with van der Waals surface area (Å²) in [5, 5.41) is 0. The van der Waals surface area contributed by atoms with Crippen molar-refractivity contribution in [2.45, 2.75) is 65.2 Å². The Bertz CT molecular complexity index is 599. The van der Waals surface area contributed by atoms with Gasteiger partial charge in [-0.25, -0.2) is 0 Å². The molecule has 0 aromatic rings. The molecule has 5 nitrogen and oxygen atoms in total. The molecule has 5 heteroatoms. The molecule has 146 valence electrons. The Hall–Kier alpha value is -1.39. The minimum absolute atomic E-state index is 0.122. The highest BCUT2D eigenvalue weighted by molar-refractivity contribution is 5.87. The van der Waals surface area contributed by atoms with Crippen LogP contribution in [0.2, 0.25) is 0 Å². The SMILES string of the molecule is COC(=O)CC1CCC2C3CCC(=O)C3(C)CCC2C1(C)CC(=O)OC. The van der Waals surface area contributed by atoms with E-state index in [1.807, 2.05) is 0 Å². The Morgan fingerprint density at radius 1 is 1.00 bits per heavy atom. The summed E-state index contributed by atoms with van der Waals surface area (Å²) < 4.78 is 9.91. The molecule has 6 atom stereocenters. The van der Waals surface area contributed by atoms with Gasteiger partial charge in [-0.1, -0.05) is 13.8 Å². The second-order valence-corrected chi connectivity index (χ2v) is 9.11. The van der Waals surface area contributed by atoms with E-state index >= 15 is 0 Å². The van der Waals surface area contributed by atoms with Crippen LogP contribution in [0.5, 0.6) is 0 Å². The van der Waals surface area contributed by atoms with Crippen LogP contribution < -0.4 is 0 Å². The summed E-state index contributed by atoms with van der Waals surface area (Å²) in [4.78, 5) is 36.7. The average Bonchev–Trinajstić information content (AvgIpc) is 2.92. The molecule has 0 bridgehead atoms. The lowest BCUT2D eigenvalue weighted by Crippen LogP contribution is -2.53. The average molecular weight is 364 g/mol. The Morgan fingerprint density at radius 3 is 2.35 bits per heavy atom. The molecule has 26 heavy (non-hydrogen) atoms. The summed E-state index contributed by atoms with van der Waals surface area (Å²) in [7, 11) is 2.84. The number of hydrogen-bond acceptors (Lipinski definition) is 5. The standard InChI is InChI=1S/C21H32O5/c1-20-10-9-16-14(15(20)7-8-17(20)22)6-5-13(11-18(23)25-3)21(16,2)12-19(24)26-4/h13-16H,5-12H2,1-4H3. The highest BCUT2D eigenvalue weighted by Crippen LogP contribution is 2.64. The first-order chi connectivity index (χ1) is 12.3. The Labute approximate surface area is 156 Å². The van der Waals surface area contributed by atoms with E-state index in [0.717, 1.165) is 32.1 Å². The lowest BCUT2D eigenvalue weighted by molar-refractivity contribution is -0.159. The maximum absolute atomic E-state index is 12.5. The van der Waals surface area contributed by atoms with Gasteiger partial charge in [0.25, 0.3) is 0 Å². The van der Waals surface area contributed by atoms with E-state index < -0.39 is 0 Å². The molecular weight excluding hydrogens is 332 g/mol. The number of ether oxygens (including phenoxy) is 2. The first kappa shape index (κ1) is 19.4. The number of methoxy groups -OCH3 is 2. The number of hydrogen-bond donors (Lipinski definition) is 0. The molecule has 3 saturated carbocycles. The van der Waals surface area contributed by atoms with E-state index in [-0.39, 0.29) is 28.7 Å². The van der Waals surface area contributed by atoms with Crippen molar-refractivity contribution in [1.82, 2.24) is 0 Å². The molecule has 0 amide bonds. The first-order valence-electron chi connectivity index (χ1n) is 9.93. The topological polar surface area (TPSA) is 69.7 Å². The quantitative estimate of drug-likeness (QED) is 0.714. The molecule has 6 unspecified atom stereocenters. The molecule has 3 fully saturated rings. The van der Waals surface area contributed by atoms with Gasteiger partial charge in [0.15, 0.2) is 0 Å². The number of carbonyl (C=O) groups excluding carboxylic acids is 3. The van der Waals surface area contributed by atoms with Crippen molar-refractivity contribution in [2.75, 3.05) is 14.2 Å². The van der Waals surface area contributed by atoms with E-state index in [2.05, 4.69) is 13.8 Å². The summed E-state index contributed by atoms with van der Waals surface area (Å²) in [6.07, 6.45) is 6.17. The third kappa shape index (κ3) is 2.97. The van der Waals surface area contributed by atoms with Crippen LogP contribution in [0, 0.1) is 34.5 Å². The van der Waals surface area contributed by atoms with Crippen molar-refractivity contribution in [2.24, 2.45) is 34.5 Å². The molecule has 3 rings (SSSR count). The van der Waals surface area contributed by atoms with Crippen LogP contribution in [0.15, 0.2) is 0 Å². The summed E-state index contributed by atoms with van der Waals surface area (Å²) in [6.45, 7) is 4.31. The van der Waals surface area contributed by atoms with Crippen LogP contribution in [0.3, 0.4) is 0 Å². The summed E-state index contributed by atoms with van der Waals surface area (Å²) in [5.74, 6) is 1.37. The van der Waals surface area contributed by atoms with Crippen molar-refractivity contribution in [3.8, 4) is 0 Å². The van der Waals surface area contributed by atoms with Crippen LogP contribution in [-0.4, -0.2) is 31.9 Å². The molecule has 3 aliphatic carbocycles. The maximum Gasteiger partial charge on any atom is 0.306 e. The molecule has 0 aromatic heterocycles.